The number of nitrogens with zero attached hydrogens (tertiary/aromatic N) is 5. The van der Waals surface area contributed by atoms with Gasteiger partial charge in [0, 0.05) is 139 Å². The molecule has 17 aromatic rings. The van der Waals surface area contributed by atoms with Crippen molar-refractivity contribution in [1.29, 1.82) is 0 Å². The van der Waals surface area contributed by atoms with E-state index in [4.69, 9.17) is 0 Å². The van der Waals surface area contributed by atoms with Crippen LogP contribution in [0.2, 0.25) is 0 Å². The zero-order valence-corrected chi connectivity index (χ0v) is 62.8. The van der Waals surface area contributed by atoms with E-state index in [0.29, 0.717) is 0 Å². The number of para-hydroxylation sites is 8. The second kappa shape index (κ2) is 25.2. The van der Waals surface area contributed by atoms with Crippen LogP contribution in [0.3, 0.4) is 0 Å². The molecular formula is C94H58B3N5S6. The number of hydrogen-bond donors (Lipinski definition) is 0. The number of rotatable bonds is 11. The van der Waals surface area contributed by atoms with Gasteiger partial charge in [0.15, 0.2) is 0 Å². The van der Waals surface area contributed by atoms with Crippen molar-refractivity contribution in [3.05, 3.63) is 352 Å². The van der Waals surface area contributed by atoms with Crippen LogP contribution >= 0.6 is 69.7 Å². The lowest BCUT2D eigenvalue weighted by atomic mass is 9.31. The molecule has 2 aromatic heterocycles. The molecule has 8 heterocycles. The molecule has 0 fully saturated rings. The minimum atomic E-state index is -0.219. The Morgan fingerprint density at radius 1 is 0.222 bits per heavy atom. The number of anilines is 15. The van der Waals surface area contributed by atoms with Gasteiger partial charge in [0.05, 0.1) is 5.69 Å². The molecule has 5 nitrogen and oxygen atoms in total. The van der Waals surface area contributed by atoms with Gasteiger partial charge in [-0.15, -0.1) is 22.7 Å². The average Bonchev–Trinajstić information content (AvgIpc) is 0.795. The molecule has 0 saturated carbocycles. The first-order chi connectivity index (χ1) is 53.6. The Hall–Kier alpha value is -11.2. The van der Waals surface area contributed by atoms with Crippen LogP contribution in [0, 0.1) is 0 Å². The Bertz CT molecular complexity index is 6030. The first-order valence-corrected chi connectivity index (χ1v) is 41.5. The average molecular weight is 1480 g/mol. The molecule has 0 saturated heterocycles. The maximum Gasteiger partial charge on any atom is 0.259 e. The SMILES string of the molecule is c1ccc(N(c2ccccc2)c2cc3c4c(c2)Sc2c(sc5ccccc25)B4c2cc4c(cc2S3)N(c2ccccc2)c2cc(N(c3ccccc3)c3ccccc3)cc3c2B4c2cc4c(cc2N3c2ccccc2)Sc2cc(N(c3ccccc3)c3ccccc3)cc3c2B4c2sc4ccccc4c2S3)cc1. The lowest BCUT2D eigenvalue weighted by molar-refractivity contribution is 1.21. The molecular weight excluding hydrogens is 1420 g/mol. The highest BCUT2D eigenvalue weighted by Gasteiger charge is 2.50. The van der Waals surface area contributed by atoms with Crippen molar-refractivity contribution in [3.63, 3.8) is 0 Å². The van der Waals surface area contributed by atoms with Gasteiger partial charge in [-0.1, -0.05) is 252 Å². The molecule has 108 heavy (non-hydrogen) atoms. The highest BCUT2D eigenvalue weighted by atomic mass is 32.2. The molecule has 0 aliphatic carbocycles. The molecule has 0 unspecified atom stereocenters. The molecule has 0 N–H and O–H groups in total. The third-order valence-electron chi connectivity index (χ3n) is 22.1. The second-order valence-electron chi connectivity index (χ2n) is 28.2. The monoisotopic (exact) mass is 1480 g/mol. The van der Waals surface area contributed by atoms with E-state index in [0.717, 1.165) is 73.9 Å². The van der Waals surface area contributed by atoms with E-state index < -0.39 is 0 Å². The summed E-state index contributed by atoms with van der Waals surface area (Å²) in [5.41, 5.74) is 26.3. The van der Waals surface area contributed by atoms with Crippen LogP contribution in [0.25, 0.3) is 20.2 Å². The Labute approximate surface area is 653 Å². The van der Waals surface area contributed by atoms with Crippen LogP contribution in [0.4, 0.5) is 85.3 Å². The topological polar surface area (TPSA) is 16.2 Å². The van der Waals surface area contributed by atoms with E-state index in [1.165, 1.54) is 119 Å². The van der Waals surface area contributed by atoms with Gasteiger partial charge in [0.2, 0.25) is 0 Å². The minimum absolute atomic E-state index is 0.0330. The van der Waals surface area contributed by atoms with Crippen molar-refractivity contribution in [2.75, 3.05) is 24.5 Å². The summed E-state index contributed by atoms with van der Waals surface area (Å²) in [4.78, 5) is 23.1. The molecule has 6 aliphatic rings. The van der Waals surface area contributed by atoms with Crippen molar-refractivity contribution < 1.29 is 0 Å². The summed E-state index contributed by atoms with van der Waals surface area (Å²) < 4.78 is 5.48. The largest absolute Gasteiger partial charge is 0.311 e. The molecule has 6 aliphatic heterocycles. The van der Waals surface area contributed by atoms with Gasteiger partial charge in [-0.05, 0) is 195 Å². The fourth-order valence-electron chi connectivity index (χ4n) is 17.7. The van der Waals surface area contributed by atoms with Gasteiger partial charge < -0.3 is 24.5 Å². The second-order valence-corrected chi connectivity index (χ2v) is 34.6. The molecule has 0 radical (unpaired) electrons. The summed E-state index contributed by atoms with van der Waals surface area (Å²) in [5.74, 6) is 0. The maximum absolute atomic E-state index is 2.71. The van der Waals surface area contributed by atoms with Crippen molar-refractivity contribution in [2.24, 2.45) is 0 Å². The Morgan fingerprint density at radius 2 is 0.519 bits per heavy atom. The molecule has 14 heteroatoms. The van der Waals surface area contributed by atoms with Crippen molar-refractivity contribution >= 4 is 243 Å². The molecule has 504 valence electrons. The Morgan fingerprint density at radius 3 is 0.861 bits per heavy atom. The quantitative estimate of drug-likeness (QED) is 0.117. The summed E-state index contributed by atoms with van der Waals surface area (Å²) in [6.45, 7) is -0.285. The van der Waals surface area contributed by atoms with Crippen molar-refractivity contribution in [3.8, 4) is 0 Å². The molecule has 0 amide bonds. The zero-order valence-electron chi connectivity index (χ0n) is 57.9. The Balaban J connectivity index is 0.809. The van der Waals surface area contributed by atoms with Crippen LogP contribution < -0.4 is 72.3 Å². The maximum atomic E-state index is 2.71. The predicted octanol–water partition coefficient (Wildman–Crippen LogP) is 21.5. The fraction of sp³-hybridized carbons (Fsp3) is 0. The van der Waals surface area contributed by atoms with E-state index >= 15 is 0 Å². The normalized spacial score (nSPS) is 13.5. The molecule has 0 atom stereocenters. The van der Waals surface area contributed by atoms with Crippen LogP contribution in [-0.4, -0.2) is 20.1 Å². The lowest BCUT2D eigenvalue weighted by Gasteiger charge is -2.46. The number of hydrogen-bond acceptors (Lipinski definition) is 11. The molecule has 23 rings (SSSR count). The zero-order chi connectivity index (χ0) is 70.7. The first kappa shape index (κ1) is 63.0. The summed E-state index contributed by atoms with van der Waals surface area (Å²) in [6.07, 6.45) is 0. The highest BCUT2D eigenvalue weighted by Crippen LogP contribution is 2.54. The third kappa shape index (κ3) is 9.87. The summed E-state index contributed by atoms with van der Waals surface area (Å²) in [5, 5.41) is 2.65. The van der Waals surface area contributed by atoms with Crippen LogP contribution in [0.15, 0.2) is 391 Å². The van der Waals surface area contributed by atoms with E-state index in [1.54, 1.807) is 0 Å². The van der Waals surface area contributed by atoms with E-state index in [9.17, 15) is 0 Å². The van der Waals surface area contributed by atoms with E-state index in [2.05, 4.69) is 376 Å². The van der Waals surface area contributed by atoms with Crippen molar-refractivity contribution in [1.82, 2.24) is 0 Å². The molecule has 0 spiro atoms. The lowest BCUT2D eigenvalue weighted by Crippen LogP contribution is -2.65. The predicted molar refractivity (Wildman–Crippen MR) is 467 cm³/mol. The smallest absolute Gasteiger partial charge is 0.259 e. The van der Waals surface area contributed by atoms with Crippen LogP contribution in [-0.2, 0) is 0 Å². The van der Waals surface area contributed by atoms with Gasteiger partial charge in [0.25, 0.3) is 20.1 Å². The standard InChI is InChI=1S/C94H58B3N5S6/c1-9-29-59(30-10-1)98(60-31-11-2-12-32-60)67-49-78-88-79(50-67)102(66-43-23-8-24-44-66)77-58-83-75(97-90-85(104-83)52-69(100(63-37-17-5-18-38-63)64-39-19-6-20-40-64)54-87(90)106-92-71-46-26-28-48-81(71)108-94(92)97)56-73(77)95(88)72-55-74-82(57-76(72)101(78)65-41-21-7-22-42-65)103-84-51-68(99(61-33-13-3-14-34-61)62-35-15-4-16-36-62)53-86-89(84)96(74)93-91(105-86)70-45-25-27-47-80(70)107-93/h1-58H. The van der Waals surface area contributed by atoms with E-state index in [1.807, 2.05) is 69.7 Å². The summed E-state index contributed by atoms with van der Waals surface area (Å²) in [7, 11) is 0. The van der Waals surface area contributed by atoms with Gasteiger partial charge in [-0.3, -0.25) is 0 Å². The van der Waals surface area contributed by atoms with Gasteiger partial charge in [0.1, 0.15) is 0 Å². The number of thiophene rings is 2. The van der Waals surface area contributed by atoms with Gasteiger partial charge in [-0.25, -0.2) is 0 Å². The van der Waals surface area contributed by atoms with Crippen molar-refractivity contribution in [2.45, 2.75) is 39.2 Å². The minimum Gasteiger partial charge on any atom is -0.311 e. The number of fused-ring (bicyclic) bond motifs is 16. The fourth-order valence-corrected chi connectivity index (χ4v) is 25.8. The summed E-state index contributed by atoms with van der Waals surface area (Å²) >= 11 is 11.8. The van der Waals surface area contributed by atoms with E-state index in [-0.39, 0.29) is 20.1 Å². The van der Waals surface area contributed by atoms with Gasteiger partial charge in [-0.2, -0.15) is 0 Å². The summed E-state index contributed by atoms with van der Waals surface area (Å²) in [6, 6.07) is 132. The molecule has 0 bridgehead atoms. The van der Waals surface area contributed by atoms with Crippen LogP contribution in [0.1, 0.15) is 0 Å². The first-order valence-electron chi connectivity index (χ1n) is 36.6. The molecule has 15 aromatic carbocycles. The van der Waals surface area contributed by atoms with Gasteiger partial charge >= 0.3 is 0 Å². The Kier molecular flexibility index (Phi) is 14.7. The highest BCUT2D eigenvalue weighted by molar-refractivity contribution is 8.02. The van der Waals surface area contributed by atoms with Crippen LogP contribution in [0.5, 0.6) is 0 Å². The third-order valence-corrected chi connectivity index (χ3v) is 29.5. The number of benzene rings is 15.